The Morgan fingerprint density at radius 2 is 1.97 bits per heavy atom. The summed E-state index contributed by atoms with van der Waals surface area (Å²) in [6.07, 6.45) is 5.17. The highest BCUT2D eigenvalue weighted by Crippen LogP contribution is 2.34. The molecule has 5 rings (SSSR count). The van der Waals surface area contributed by atoms with Gasteiger partial charge in [0.2, 0.25) is 5.88 Å². The lowest BCUT2D eigenvalue weighted by Crippen LogP contribution is -2.42. The number of hydrogen-bond donors (Lipinski definition) is 2. The predicted molar refractivity (Wildman–Crippen MR) is 117 cm³/mol. The highest BCUT2D eigenvalue weighted by Gasteiger charge is 2.32. The van der Waals surface area contributed by atoms with Crippen molar-refractivity contribution in [3.05, 3.63) is 66.6 Å². The molecule has 0 spiro atoms. The molecule has 30 heavy (non-hydrogen) atoms. The molecule has 8 heteroatoms. The zero-order valence-corrected chi connectivity index (χ0v) is 16.8. The van der Waals surface area contributed by atoms with Gasteiger partial charge in [0.05, 0.1) is 10.2 Å². The van der Waals surface area contributed by atoms with Gasteiger partial charge in [-0.1, -0.05) is 29.5 Å². The number of pyridine rings is 2. The summed E-state index contributed by atoms with van der Waals surface area (Å²) in [5.74, 6) is 0.0138. The molecule has 1 fully saturated rings. The van der Waals surface area contributed by atoms with E-state index in [4.69, 9.17) is 10.5 Å². The van der Waals surface area contributed by atoms with E-state index in [1.807, 2.05) is 30.3 Å². The van der Waals surface area contributed by atoms with Crippen LogP contribution in [0.25, 0.3) is 21.3 Å². The van der Waals surface area contributed by atoms with Crippen molar-refractivity contribution < 1.29 is 9.53 Å². The summed E-state index contributed by atoms with van der Waals surface area (Å²) < 4.78 is 7.33. The molecule has 4 aromatic rings. The van der Waals surface area contributed by atoms with E-state index in [1.165, 1.54) is 4.70 Å². The average Bonchev–Trinajstić information content (AvgIpc) is 3.15. The first-order chi connectivity index (χ1) is 14.7. The molecule has 1 amide bonds. The summed E-state index contributed by atoms with van der Waals surface area (Å²) in [6.45, 7) is 0. The van der Waals surface area contributed by atoms with Crippen molar-refractivity contribution in [3.63, 3.8) is 0 Å². The normalized spacial score (nSPS) is 18.0. The van der Waals surface area contributed by atoms with Gasteiger partial charge >= 0.3 is 0 Å². The number of primary amides is 1. The lowest BCUT2D eigenvalue weighted by molar-refractivity contribution is 0.0995. The highest BCUT2D eigenvalue weighted by atomic mass is 32.1. The minimum absolute atomic E-state index is 0.0865. The fraction of sp³-hybridized carbons (Fsp3) is 0.182. The van der Waals surface area contributed by atoms with Crippen molar-refractivity contribution in [2.75, 3.05) is 5.32 Å². The summed E-state index contributed by atoms with van der Waals surface area (Å²) in [5, 5.41) is 4.44. The van der Waals surface area contributed by atoms with Gasteiger partial charge in [0.25, 0.3) is 5.91 Å². The van der Waals surface area contributed by atoms with Crippen LogP contribution in [0.2, 0.25) is 0 Å². The Kier molecular flexibility index (Phi) is 4.76. The van der Waals surface area contributed by atoms with E-state index in [1.54, 1.807) is 35.9 Å². The molecule has 150 valence electrons. The number of nitrogens with zero attached hydrogens (tertiary/aromatic N) is 3. The molecule has 1 saturated carbocycles. The van der Waals surface area contributed by atoms with E-state index in [-0.39, 0.29) is 11.8 Å². The number of benzene rings is 1. The number of carbonyl (C=O) groups is 1. The topological polar surface area (TPSA) is 103 Å². The number of nitrogens with one attached hydrogen (secondary N) is 1. The minimum Gasteiger partial charge on any atom is -0.474 e. The SMILES string of the molecule is NC(=O)c1ccc(-c2cccnc2OC2CC(Nc3nc4ccccc4s3)C2)cn1. The van der Waals surface area contributed by atoms with Gasteiger partial charge < -0.3 is 15.8 Å². The van der Waals surface area contributed by atoms with Gasteiger partial charge in [-0.3, -0.25) is 9.78 Å². The number of ether oxygens (including phenoxy) is 1. The number of rotatable bonds is 6. The molecule has 0 unspecified atom stereocenters. The molecular weight excluding hydrogens is 398 g/mol. The second kappa shape index (κ2) is 7.72. The molecule has 3 aromatic heterocycles. The molecule has 7 nitrogen and oxygen atoms in total. The predicted octanol–water partition coefficient (Wildman–Crippen LogP) is 3.87. The third-order valence-electron chi connectivity index (χ3n) is 5.09. The third kappa shape index (κ3) is 3.69. The van der Waals surface area contributed by atoms with Gasteiger partial charge in [-0.25, -0.2) is 9.97 Å². The number of fused-ring (bicyclic) bond motifs is 1. The number of thiazole rings is 1. The molecule has 3 heterocycles. The van der Waals surface area contributed by atoms with Crippen LogP contribution in [-0.2, 0) is 0 Å². The summed E-state index contributed by atoms with van der Waals surface area (Å²) >= 11 is 1.67. The first-order valence-electron chi connectivity index (χ1n) is 9.66. The maximum atomic E-state index is 11.2. The number of nitrogens with two attached hydrogens (primary N) is 1. The zero-order valence-electron chi connectivity index (χ0n) is 16.0. The van der Waals surface area contributed by atoms with Gasteiger partial charge in [-0.15, -0.1) is 0 Å². The average molecular weight is 417 g/mol. The second-order valence-electron chi connectivity index (χ2n) is 7.19. The monoisotopic (exact) mass is 417 g/mol. The zero-order chi connectivity index (χ0) is 20.5. The first kappa shape index (κ1) is 18.5. The molecule has 0 bridgehead atoms. The molecular formula is C22H19N5O2S. The molecule has 1 aliphatic carbocycles. The van der Waals surface area contributed by atoms with Gasteiger partial charge in [0.15, 0.2) is 5.13 Å². The summed E-state index contributed by atoms with van der Waals surface area (Å²) in [6, 6.07) is 15.7. The number of aromatic nitrogens is 3. The second-order valence-corrected chi connectivity index (χ2v) is 8.22. The lowest BCUT2D eigenvalue weighted by atomic mass is 9.89. The van der Waals surface area contributed by atoms with Gasteiger partial charge in [0, 0.05) is 42.4 Å². The van der Waals surface area contributed by atoms with E-state index in [2.05, 4.69) is 26.3 Å². The van der Waals surface area contributed by atoms with Crippen LogP contribution in [0.3, 0.4) is 0 Å². The van der Waals surface area contributed by atoms with Gasteiger partial charge in [0.1, 0.15) is 11.8 Å². The Bertz CT molecular complexity index is 1170. The van der Waals surface area contributed by atoms with Crippen molar-refractivity contribution in [1.29, 1.82) is 0 Å². The van der Waals surface area contributed by atoms with Crippen molar-refractivity contribution in [2.24, 2.45) is 5.73 Å². The minimum atomic E-state index is -0.551. The van der Waals surface area contributed by atoms with Crippen LogP contribution < -0.4 is 15.8 Å². The molecule has 0 radical (unpaired) electrons. The number of hydrogen-bond acceptors (Lipinski definition) is 7. The van der Waals surface area contributed by atoms with Crippen LogP contribution in [0.5, 0.6) is 5.88 Å². The van der Waals surface area contributed by atoms with Crippen LogP contribution in [0.15, 0.2) is 60.9 Å². The number of amides is 1. The van der Waals surface area contributed by atoms with E-state index >= 15 is 0 Å². The van der Waals surface area contributed by atoms with Gasteiger partial charge in [-0.2, -0.15) is 0 Å². The van der Waals surface area contributed by atoms with Crippen LogP contribution in [-0.4, -0.2) is 33.0 Å². The Morgan fingerprint density at radius 1 is 1.10 bits per heavy atom. The maximum Gasteiger partial charge on any atom is 0.267 e. The van der Waals surface area contributed by atoms with Crippen LogP contribution in [0, 0.1) is 0 Å². The Morgan fingerprint density at radius 3 is 2.73 bits per heavy atom. The molecule has 3 N–H and O–H groups in total. The lowest BCUT2D eigenvalue weighted by Gasteiger charge is -2.35. The van der Waals surface area contributed by atoms with Crippen LogP contribution >= 0.6 is 11.3 Å². The van der Waals surface area contributed by atoms with Crippen LogP contribution in [0.4, 0.5) is 5.13 Å². The summed E-state index contributed by atoms with van der Waals surface area (Å²) in [4.78, 5) is 24.4. The van der Waals surface area contributed by atoms with Crippen LogP contribution in [0.1, 0.15) is 23.3 Å². The fourth-order valence-electron chi connectivity index (χ4n) is 3.45. The van der Waals surface area contributed by atoms with Crippen molar-refractivity contribution in [3.8, 4) is 17.0 Å². The Hall–Kier alpha value is -3.52. The smallest absolute Gasteiger partial charge is 0.267 e. The fourth-order valence-corrected chi connectivity index (χ4v) is 4.39. The van der Waals surface area contributed by atoms with E-state index < -0.39 is 5.91 Å². The van der Waals surface area contributed by atoms with Crippen molar-refractivity contribution >= 4 is 32.6 Å². The summed E-state index contributed by atoms with van der Waals surface area (Å²) in [5.41, 5.74) is 8.18. The standard InChI is InChI=1S/C22H19N5O2S/c23-20(28)18-8-7-13(12-25-18)16-4-3-9-24-21(16)29-15-10-14(11-15)26-22-27-17-5-1-2-6-19(17)30-22/h1-9,12,14-15H,10-11H2,(H2,23,28)(H,26,27). The van der Waals surface area contributed by atoms with Crippen molar-refractivity contribution in [2.45, 2.75) is 25.0 Å². The van der Waals surface area contributed by atoms with Gasteiger partial charge in [-0.05, 0) is 30.3 Å². The Labute approximate surface area is 177 Å². The number of para-hydroxylation sites is 1. The molecule has 1 aliphatic rings. The quantitative estimate of drug-likeness (QED) is 0.494. The first-order valence-corrected chi connectivity index (χ1v) is 10.5. The van der Waals surface area contributed by atoms with E-state index in [9.17, 15) is 4.79 Å². The molecule has 0 aliphatic heterocycles. The largest absolute Gasteiger partial charge is 0.474 e. The van der Waals surface area contributed by atoms with Crippen molar-refractivity contribution in [1.82, 2.24) is 15.0 Å². The third-order valence-corrected chi connectivity index (χ3v) is 6.06. The van der Waals surface area contributed by atoms with E-state index in [0.717, 1.165) is 34.6 Å². The number of carbonyl (C=O) groups excluding carboxylic acids is 1. The number of anilines is 1. The molecule has 0 saturated heterocycles. The van der Waals surface area contributed by atoms with E-state index in [0.29, 0.717) is 11.9 Å². The Balaban J connectivity index is 1.24. The highest BCUT2D eigenvalue weighted by molar-refractivity contribution is 7.22. The summed E-state index contributed by atoms with van der Waals surface area (Å²) in [7, 11) is 0. The maximum absolute atomic E-state index is 11.2. The molecule has 1 aromatic carbocycles. The molecule has 0 atom stereocenters.